The maximum Gasteiger partial charge on any atom is 0.223 e. The molecule has 0 fully saturated rings. The lowest BCUT2D eigenvalue weighted by molar-refractivity contribution is -0.126. The molecule has 0 radical (unpaired) electrons. The van der Waals surface area contributed by atoms with Crippen molar-refractivity contribution in [3.05, 3.63) is 0 Å². The molecule has 0 saturated carbocycles. The zero-order valence-corrected chi connectivity index (χ0v) is 11.3. The molecule has 0 saturated heterocycles. The molecule has 0 aromatic rings. The van der Waals surface area contributed by atoms with Gasteiger partial charge in [-0.1, -0.05) is 32.9 Å². The Kier molecular flexibility index (Phi) is 6.61. The summed E-state index contributed by atoms with van der Waals surface area (Å²) in [5, 5.41) is 14.8. The van der Waals surface area contributed by atoms with Crippen LogP contribution in [0.15, 0.2) is 5.16 Å². The van der Waals surface area contributed by atoms with E-state index >= 15 is 0 Å². The Hall–Kier alpha value is -1.26. The number of rotatable bonds is 7. The van der Waals surface area contributed by atoms with Crippen molar-refractivity contribution in [2.45, 2.75) is 58.9 Å². The predicted octanol–water partition coefficient (Wildman–Crippen LogP) is 1.84. The Morgan fingerprint density at radius 1 is 1.29 bits per heavy atom. The van der Waals surface area contributed by atoms with Crippen LogP contribution in [0.25, 0.3) is 0 Å². The maximum atomic E-state index is 12.1. The fraction of sp³-hybridized carbons (Fsp3) is 0.833. The molecule has 5 heteroatoms. The molecule has 0 aromatic carbocycles. The van der Waals surface area contributed by atoms with Crippen LogP contribution in [0, 0.1) is 5.92 Å². The SMILES string of the molecule is CCC(CC)C(=O)NC(CC)(CC)/C(N)=N/O. The molecule has 0 aliphatic rings. The first-order valence-corrected chi connectivity index (χ1v) is 6.31. The third-order valence-electron chi connectivity index (χ3n) is 3.52. The first-order chi connectivity index (χ1) is 8.01. The van der Waals surface area contributed by atoms with Gasteiger partial charge >= 0.3 is 0 Å². The zero-order chi connectivity index (χ0) is 13.5. The van der Waals surface area contributed by atoms with Crippen LogP contribution in [0.1, 0.15) is 53.4 Å². The van der Waals surface area contributed by atoms with E-state index in [1.165, 1.54) is 0 Å². The van der Waals surface area contributed by atoms with E-state index in [1.807, 2.05) is 27.7 Å². The van der Waals surface area contributed by atoms with Gasteiger partial charge in [0.15, 0.2) is 5.84 Å². The van der Waals surface area contributed by atoms with Gasteiger partial charge in [-0.05, 0) is 25.7 Å². The number of nitrogens with two attached hydrogens (primary N) is 1. The second-order valence-corrected chi connectivity index (χ2v) is 4.28. The fourth-order valence-corrected chi connectivity index (χ4v) is 1.95. The number of nitrogens with zero attached hydrogens (tertiary/aromatic N) is 1. The minimum absolute atomic E-state index is 0.0148. The van der Waals surface area contributed by atoms with Crippen LogP contribution in [0.4, 0.5) is 0 Å². The molecule has 0 aromatic heterocycles. The van der Waals surface area contributed by atoms with Gasteiger partial charge in [0.25, 0.3) is 0 Å². The topological polar surface area (TPSA) is 87.7 Å². The lowest BCUT2D eigenvalue weighted by Gasteiger charge is -2.32. The average molecular weight is 243 g/mol. The lowest BCUT2D eigenvalue weighted by atomic mass is 9.89. The highest BCUT2D eigenvalue weighted by molar-refractivity contribution is 5.94. The molecule has 0 unspecified atom stereocenters. The third kappa shape index (κ3) is 3.61. The standard InChI is InChI=1S/C12H25N3O2/c1-5-9(6-2)10(16)14-12(7-3,8-4)11(13)15-17/h9,17H,5-8H2,1-4H3,(H2,13,15)(H,14,16). The molecular formula is C12H25N3O2. The third-order valence-corrected chi connectivity index (χ3v) is 3.52. The summed E-state index contributed by atoms with van der Waals surface area (Å²) in [4.78, 5) is 12.1. The van der Waals surface area contributed by atoms with Crippen LogP contribution in [0.3, 0.4) is 0 Å². The minimum atomic E-state index is -0.728. The van der Waals surface area contributed by atoms with E-state index in [4.69, 9.17) is 10.9 Å². The minimum Gasteiger partial charge on any atom is -0.409 e. The van der Waals surface area contributed by atoms with Crippen LogP contribution in [-0.2, 0) is 4.79 Å². The normalized spacial score (nSPS) is 12.9. The second kappa shape index (κ2) is 7.14. The van der Waals surface area contributed by atoms with Gasteiger partial charge in [-0.25, -0.2) is 0 Å². The quantitative estimate of drug-likeness (QED) is 0.276. The van der Waals surface area contributed by atoms with Gasteiger partial charge in [-0.3, -0.25) is 4.79 Å². The summed E-state index contributed by atoms with van der Waals surface area (Å²) >= 11 is 0. The smallest absolute Gasteiger partial charge is 0.223 e. The van der Waals surface area contributed by atoms with Gasteiger partial charge < -0.3 is 16.3 Å². The van der Waals surface area contributed by atoms with Gasteiger partial charge in [0.05, 0.1) is 0 Å². The van der Waals surface area contributed by atoms with Crippen LogP contribution < -0.4 is 11.1 Å². The Bertz CT molecular complexity index is 269. The lowest BCUT2D eigenvalue weighted by Crippen LogP contribution is -2.58. The Labute approximate surface area is 103 Å². The van der Waals surface area contributed by atoms with Crippen molar-refractivity contribution in [1.82, 2.24) is 5.32 Å². The largest absolute Gasteiger partial charge is 0.409 e. The van der Waals surface area contributed by atoms with E-state index in [0.717, 1.165) is 12.8 Å². The summed E-state index contributed by atoms with van der Waals surface area (Å²) in [6.07, 6.45) is 2.79. The summed E-state index contributed by atoms with van der Waals surface area (Å²) in [5.41, 5.74) is 4.96. The molecule has 4 N–H and O–H groups in total. The van der Waals surface area contributed by atoms with Crippen molar-refractivity contribution in [1.29, 1.82) is 0 Å². The molecule has 0 bridgehead atoms. The summed E-state index contributed by atoms with van der Waals surface area (Å²) in [7, 11) is 0. The fourth-order valence-electron chi connectivity index (χ4n) is 1.95. The van der Waals surface area contributed by atoms with Gasteiger partial charge in [0, 0.05) is 5.92 Å². The number of nitrogens with one attached hydrogen (secondary N) is 1. The van der Waals surface area contributed by atoms with Gasteiger partial charge in [-0.15, -0.1) is 0 Å². The summed E-state index contributed by atoms with van der Waals surface area (Å²) in [6.45, 7) is 7.79. The van der Waals surface area contributed by atoms with Crippen LogP contribution >= 0.6 is 0 Å². The molecule has 0 spiro atoms. The van der Waals surface area contributed by atoms with Crippen LogP contribution in [0.5, 0.6) is 0 Å². The van der Waals surface area contributed by atoms with E-state index in [0.29, 0.717) is 12.8 Å². The first-order valence-electron chi connectivity index (χ1n) is 6.31. The van der Waals surface area contributed by atoms with Crippen molar-refractivity contribution in [3.8, 4) is 0 Å². The zero-order valence-electron chi connectivity index (χ0n) is 11.3. The molecule has 1 amide bonds. The van der Waals surface area contributed by atoms with Gasteiger partial charge in [0.1, 0.15) is 5.54 Å². The monoisotopic (exact) mass is 243 g/mol. The van der Waals surface area contributed by atoms with Crippen molar-refractivity contribution in [2.75, 3.05) is 0 Å². The molecule has 0 aliphatic heterocycles. The maximum absolute atomic E-state index is 12.1. The van der Waals surface area contributed by atoms with Crippen molar-refractivity contribution in [2.24, 2.45) is 16.8 Å². The summed E-state index contributed by atoms with van der Waals surface area (Å²) in [5.74, 6) is 0.0334. The van der Waals surface area contributed by atoms with E-state index in [2.05, 4.69) is 10.5 Å². The number of carbonyl (C=O) groups is 1. The summed E-state index contributed by atoms with van der Waals surface area (Å²) in [6, 6.07) is 0. The number of hydrogen-bond donors (Lipinski definition) is 3. The molecule has 5 nitrogen and oxygen atoms in total. The molecule has 17 heavy (non-hydrogen) atoms. The average Bonchev–Trinajstić information content (AvgIpc) is 2.36. The van der Waals surface area contributed by atoms with E-state index in [-0.39, 0.29) is 17.7 Å². The Balaban J connectivity index is 4.94. The number of hydrogen-bond acceptors (Lipinski definition) is 3. The Morgan fingerprint density at radius 3 is 2.06 bits per heavy atom. The summed E-state index contributed by atoms with van der Waals surface area (Å²) < 4.78 is 0. The van der Waals surface area contributed by atoms with Crippen molar-refractivity contribution >= 4 is 11.7 Å². The van der Waals surface area contributed by atoms with Crippen LogP contribution in [0.2, 0.25) is 0 Å². The molecule has 0 aliphatic carbocycles. The number of oxime groups is 1. The molecular weight excluding hydrogens is 218 g/mol. The number of amidine groups is 1. The van der Waals surface area contributed by atoms with Gasteiger partial charge in [0.2, 0.25) is 5.91 Å². The first kappa shape index (κ1) is 15.7. The van der Waals surface area contributed by atoms with Crippen molar-refractivity contribution < 1.29 is 10.0 Å². The van der Waals surface area contributed by atoms with E-state index in [9.17, 15) is 4.79 Å². The van der Waals surface area contributed by atoms with Crippen molar-refractivity contribution in [3.63, 3.8) is 0 Å². The molecule has 100 valence electrons. The number of amides is 1. The van der Waals surface area contributed by atoms with Gasteiger partial charge in [-0.2, -0.15) is 0 Å². The highest BCUT2D eigenvalue weighted by atomic mass is 16.4. The van der Waals surface area contributed by atoms with Crippen LogP contribution in [-0.4, -0.2) is 22.5 Å². The number of carbonyl (C=O) groups excluding carboxylic acids is 1. The van der Waals surface area contributed by atoms with E-state index < -0.39 is 5.54 Å². The molecule has 0 atom stereocenters. The Morgan fingerprint density at radius 2 is 1.76 bits per heavy atom. The molecule has 0 heterocycles. The molecule has 0 rings (SSSR count). The highest BCUT2D eigenvalue weighted by Crippen LogP contribution is 2.18. The second-order valence-electron chi connectivity index (χ2n) is 4.28. The van der Waals surface area contributed by atoms with E-state index in [1.54, 1.807) is 0 Å². The predicted molar refractivity (Wildman–Crippen MR) is 68.9 cm³/mol. The highest BCUT2D eigenvalue weighted by Gasteiger charge is 2.34.